The van der Waals surface area contributed by atoms with Gasteiger partial charge < -0.3 is 19.8 Å². The van der Waals surface area contributed by atoms with Gasteiger partial charge >= 0.3 is 0 Å². The first-order valence-corrected chi connectivity index (χ1v) is 10.4. The molecule has 3 heterocycles. The summed E-state index contributed by atoms with van der Waals surface area (Å²) in [5.74, 6) is 1.41. The lowest BCUT2D eigenvalue weighted by Gasteiger charge is -2.37. The van der Waals surface area contributed by atoms with Crippen LogP contribution < -0.4 is 10.6 Å². The summed E-state index contributed by atoms with van der Waals surface area (Å²) in [5, 5.41) is 6.89. The Morgan fingerprint density at radius 3 is 2.71 bits per heavy atom. The van der Waals surface area contributed by atoms with Gasteiger partial charge in [0, 0.05) is 44.1 Å². The highest BCUT2D eigenvalue weighted by molar-refractivity contribution is 5.79. The molecule has 2 N–H and O–H groups in total. The number of aliphatic imine (C=N–C) groups is 1. The van der Waals surface area contributed by atoms with E-state index in [1.54, 1.807) is 0 Å². The fraction of sp³-hybridized carbons (Fsp3) is 0.619. The van der Waals surface area contributed by atoms with E-state index in [1.165, 1.54) is 5.69 Å². The number of hydrogen-bond donors (Lipinski definition) is 2. The van der Waals surface area contributed by atoms with Gasteiger partial charge in [-0.1, -0.05) is 19.9 Å². The van der Waals surface area contributed by atoms with Crippen molar-refractivity contribution in [2.45, 2.75) is 40.3 Å². The van der Waals surface area contributed by atoms with E-state index in [1.807, 2.05) is 12.1 Å². The van der Waals surface area contributed by atoms with Crippen molar-refractivity contribution in [3.63, 3.8) is 0 Å². The smallest absolute Gasteiger partial charge is 0.191 e. The Morgan fingerprint density at radius 1 is 1.25 bits per heavy atom. The zero-order chi connectivity index (χ0) is 19.9. The maximum Gasteiger partial charge on any atom is 0.191 e. The van der Waals surface area contributed by atoms with Crippen molar-refractivity contribution in [1.82, 2.24) is 24.9 Å². The maximum atomic E-state index is 5.51. The quantitative estimate of drug-likeness (QED) is 0.563. The number of fused-ring (bicyclic) bond motifs is 1. The third-order valence-electron chi connectivity index (χ3n) is 5.25. The van der Waals surface area contributed by atoms with E-state index in [2.05, 4.69) is 64.9 Å². The average molecular weight is 387 g/mol. The standard InChI is InChI=1S/C21H34N6O/c1-5-22-21(24-14-19(16(2)3)26-9-11-28-12-10-26)23-13-18-15-27-17(4)7-6-8-20(27)25-18/h6-8,15-16,19H,5,9-14H2,1-4H3,(H2,22,23,24). The number of pyridine rings is 1. The molecule has 2 aromatic heterocycles. The number of nitrogens with one attached hydrogen (secondary N) is 2. The SMILES string of the molecule is CCNC(=NCc1cn2c(C)cccc2n1)NCC(C(C)C)N1CCOCC1. The first kappa shape index (κ1) is 20.6. The minimum Gasteiger partial charge on any atom is -0.379 e. The molecule has 1 saturated heterocycles. The molecule has 1 aliphatic heterocycles. The first-order valence-electron chi connectivity index (χ1n) is 10.4. The minimum atomic E-state index is 0.464. The summed E-state index contributed by atoms with van der Waals surface area (Å²) in [6, 6.07) is 6.61. The van der Waals surface area contributed by atoms with Crippen molar-refractivity contribution >= 4 is 11.6 Å². The van der Waals surface area contributed by atoms with Gasteiger partial charge in [0.2, 0.25) is 0 Å². The fourth-order valence-corrected chi connectivity index (χ4v) is 3.67. The minimum absolute atomic E-state index is 0.464. The van der Waals surface area contributed by atoms with Crippen molar-refractivity contribution in [2.24, 2.45) is 10.9 Å². The average Bonchev–Trinajstić information content (AvgIpc) is 3.11. The van der Waals surface area contributed by atoms with Crippen molar-refractivity contribution in [3.05, 3.63) is 35.8 Å². The van der Waals surface area contributed by atoms with Gasteiger partial charge in [0.25, 0.3) is 0 Å². The predicted octanol–water partition coefficient (Wildman–Crippen LogP) is 2.05. The molecule has 0 bridgehead atoms. The lowest BCUT2D eigenvalue weighted by atomic mass is 10.0. The van der Waals surface area contributed by atoms with E-state index >= 15 is 0 Å². The van der Waals surface area contributed by atoms with Gasteiger partial charge in [-0.25, -0.2) is 9.98 Å². The number of ether oxygens (including phenoxy) is 1. The Morgan fingerprint density at radius 2 is 2.04 bits per heavy atom. The van der Waals surface area contributed by atoms with Crippen molar-refractivity contribution in [1.29, 1.82) is 0 Å². The molecule has 0 aromatic carbocycles. The molecular weight excluding hydrogens is 352 g/mol. The number of aromatic nitrogens is 2. The van der Waals surface area contributed by atoms with Gasteiger partial charge in [0.15, 0.2) is 5.96 Å². The number of rotatable bonds is 7. The van der Waals surface area contributed by atoms with Crippen LogP contribution in [0, 0.1) is 12.8 Å². The van der Waals surface area contributed by atoms with E-state index in [0.717, 1.165) is 56.7 Å². The highest BCUT2D eigenvalue weighted by Crippen LogP contribution is 2.12. The van der Waals surface area contributed by atoms with Gasteiger partial charge in [0.1, 0.15) is 5.65 Å². The molecule has 7 nitrogen and oxygen atoms in total. The van der Waals surface area contributed by atoms with Gasteiger partial charge in [-0.3, -0.25) is 4.90 Å². The highest BCUT2D eigenvalue weighted by atomic mass is 16.5. The second-order valence-electron chi connectivity index (χ2n) is 7.66. The number of imidazole rings is 1. The number of guanidine groups is 1. The van der Waals surface area contributed by atoms with Crippen molar-refractivity contribution < 1.29 is 4.74 Å². The summed E-state index contributed by atoms with van der Waals surface area (Å²) in [6.07, 6.45) is 2.07. The van der Waals surface area contributed by atoms with Crippen LogP contribution in [0.15, 0.2) is 29.4 Å². The Bertz CT molecular complexity index is 778. The van der Waals surface area contributed by atoms with Crippen LogP contribution in [0.2, 0.25) is 0 Å². The zero-order valence-electron chi connectivity index (χ0n) is 17.6. The van der Waals surface area contributed by atoms with Crippen LogP contribution >= 0.6 is 0 Å². The Labute approximate surface area is 168 Å². The molecule has 2 aromatic rings. The van der Waals surface area contributed by atoms with E-state index in [0.29, 0.717) is 18.5 Å². The largest absolute Gasteiger partial charge is 0.379 e. The van der Waals surface area contributed by atoms with Gasteiger partial charge in [-0.05, 0) is 31.9 Å². The molecule has 1 fully saturated rings. The van der Waals surface area contributed by atoms with Crippen molar-refractivity contribution in [3.8, 4) is 0 Å². The second kappa shape index (κ2) is 9.89. The zero-order valence-corrected chi connectivity index (χ0v) is 17.6. The topological polar surface area (TPSA) is 66.2 Å². The Kier molecular flexibility index (Phi) is 7.28. The van der Waals surface area contributed by atoms with E-state index in [9.17, 15) is 0 Å². The highest BCUT2D eigenvalue weighted by Gasteiger charge is 2.23. The second-order valence-corrected chi connectivity index (χ2v) is 7.66. The van der Waals surface area contributed by atoms with E-state index in [4.69, 9.17) is 9.73 Å². The molecule has 0 spiro atoms. The van der Waals surface area contributed by atoms with Crippen LogP contribution in [0.5, 0.6) is 0 Å². The summed E-state index contributed by atoms with van der Waals surface area (Å²) in [6.45, 7) is 14.6. The molecule has 7 heteroatoms. The summed E-state index contributed by atoms with van der Waals surface area (Å²) < 4.78 is 7.62. The summed E-state index contributed by atoms with van der Waals surface area (Å²) >= 11 is 0. The molecule has 0 saturated carbocycles. The molecule has 0 amide bonds. The molecule has 0 aliphatic carbocycles. The van der Waals surface area contributed by atoms with Crippen LogP contribution in [0.25, 0.3) is 5.65 Å². The van der Waals surface area contributed by atoms with Crippen LogP contribution in [-0.4, -0.2) is 65.7 Å². The van der Waals surface area contributed by atoms with Gasteiger partial charge in [-0.2, -0.15) is 0 Å². The molecule has 28 heavy (non-hydrogen) atoms. The van der Waals surface area contributed by atoms with Crippen molar-refractivity contribution in [2.75, 3.05) is 39.4 Å². The van der Waals surface area contributed by atoms with Crippen LogP contribution in [0.1, 0.15) is 32.2 Å². The molecule has 3 rings (SSSR count). The van der Waals surface area contributed by atoms with Crippen LogP contribution in [0.3, 0.4) is 0 Å². The number of morpholine rings is 1. The molecule has 154 valence electrons. The number of hydrogen-bond acceptors (Lipinski definition) is 4. The predicted molar refractivity (Wildman–Crippen MR) is 114 cm³/mol. The third kappa shape index (κ3) is 5.23. The Hall–Kier alpha value is -2.12. The van der Waals surface area contributed by atoms with E-state index < -0.39 is 0 Å². The normalized spacial score (nSPS) is 17.2. The van der Waals surface area contributed by atoms with Crippen LogP contribution in [0.4, 0.5) is 0 Å². The van der Waals surface area contributed by atoms with Gasteiger partial charge in [-0.15, -0.1) is 0 Å². The fourth-order valence-electron chi connectivity index (χ4n) is 3.67. The summed E-state index contributed by atoms with van der Waals surface area (Å²) in [4.78, 5) is 12.0. The molecular formula is C21H34N6O. The number of aryl methyl sites for hydroxylation is 1. The monoisotopic (exact) mass is 386 g/mol. The summed E-state index contributed by atoms with van der Waals surface area (Å²) in [5.41, 5.74) is 3.12. The molecule has 1 unspecified atom stereocenters. The first-order chi connectivity index (χ1) is 13.6. The summed E-state index contributed by atoms with van der Waals surface area (Å²) in [7, 11) is 0. The Balaban J connectivity index is 1.64. The van der Waals surface area contributed by atoms with E-state index in [-0.39, 0.29) is 0 Å². The van der Waals surface area contributed by atoms with Gasteiger partial charge in [0.05, 0.1) is 25.5 Å². The molecule has 1 aliphatic rings. The lowest BCUT2D eigenvalue weighted by Crippen LogP contribution is -2.52. The maximum absolute atomic E-state index is 5.51. The molecule has 1 atom stereocenters. The van der Waals surface area contributed by atoms with Crippen LogP contribution in [-0.2, 0) is 11.3 Å². The number of nitrogens with zero attached hydrogens (tertiary/aromatic N) is 4. The third-order valence-corrected chi connectivity index (χ3v) is 5.25. The molecule has 0 radical (unpaired) electrons. The lowest BCUT2D eigenvalue weighted by molar-refractivity contribution is 0.00752.